The smallest absolute Gasteiger partial charge is 0.243 e. The molecule has 0 aliphatic carbocycles. The van der Waals surface area contributed by atoms with Gasteiger partial charge in [0.1, 0.15) is 6.04 Å². The fourth-order valence-electron chi connectivity index (χ4n) is 3.55. The van der Waals surface area contributed by atoms with Gasteiger partial charge in [-0.25, -0.2) is 0 Å². The van der Waals surface area contributed by atoms with Crippen LogP contribution >= 0.6 is 11.6 Å². The first-order valence-corrected chi connectivity index (χ1v) is 10.4. The number of ether oxygens (including phenoxy) is 1. The van der Waals surface area contributed by atoms with E-state index in [4.69, 9.17) is 16.3 Å². The van der Waals surface area contributed by atoms with Crippen LogP contribution in [-0.2, 0) is 27.3 Å². The van der Waals surface area contributed by atoms with Crippen LogP contribution in [0.5, 0.6) is 0 Å². The average molecular weight is 415 g/mol. The number of halogens is 1. The predicted molar refractivity (Wildman–Crippen MR) is 114 cm³/mol. The summed E-state index contributed by atoms with van der Waals surface area (Å²) in [4.78, 5) is 27.2. The minimum Gasteiger partial charge on any atom is -0.376 e. The molecular weight excluding hydrogens is 388 g/mol. The van der Waals surface area contributed by atoms with E-state index < -0.39 is 6.04 Å². The summed E-state index contributed by atoms with van der Waals surface area (Å²) >= 11 is 5.98. The van der Waals surface area contributed by atoms with Gasteiger partial charge in [-0.15, -0.1) is 0 Å². The van der Waals surface area contributed by atoms with Gasteiger partial charge in [0.05, 0.1) is 6.10 Å². The van der Waals surface area contributed by atoms with E-state index in [9.17, 15) is 9.59 Å². The number of nitrogens with one attached hydrogen (secondary N) is 1. The van der Waals surface area contributed by atoms with Crippen molar-refractivity contribution in [3.05, 3.63) is 70.7 Å². The molecular formula is C23H27ClN2O3. The van der Waals surface area contributed by atoms with E-state index in [0.29, 0.717) is 24.5 Å². The van der Waals surface area contributed by atoms with Crippen molar-refractivity contribution in [2.75, 3.05) is 13.2 Å². The SMILES string of the molecule is CC(=O)N(Cc1ccc(Cl)cc1)C(Cc1ccccc1)C(=O)NCC1CCCO1. The molecule has 1 N–H and O–H groups in total. The lowest BCUT2D eigenvalue weighted by atomic mass is 10.0. The molecule has 0 spiro atoms. The molecule has 1 fully saturated rings. The molecule has 2 aromatic carbocycles. The molecule has 2 aromatic rings. The van der Waals surface area contributed by atoms with Crippen molar-refractivity contribution in [3.63, 3.8) is 0 Å². The average Bonchev–Trinajstić information content (AvgIpc) is 3.24. The summed E-state index contributed by atoms with van der Waals surface area (Å²) in [6.45, 7) is 3.06. The number of nitrogens with zero attached hydrogens (tertiary/aromatic N) is 1. The van der Waals surface area contributed by atoms with E-state index in [-0.39, 0.29) is 17.9 Å². The van der Waals surface area contributed by atoms with Crippen LogP contribution in [0.15, 0.2) is 54.6 Å². The van der Waals surface area contributed by atoms with Gasteiger partial charge in [-0.3, -0.25) is 9.59 Å². The number of carbonyl (C=O) groups excluding carboxylic acids is 2. The maximum absolute atomic E-state index is 13.1. The molecule has 2 atom stereocenters. The highest BCUT2D eigenvalue weighted by molar-refractivity contribution is 6.30. The fraction of sp³-hybridized carbons (Fsp3) is 0.391. The quantitative estimate of drug-likeness (QED) is 0.718. The largest absolute Gasteiger partial charge is 0.376 e. The van der Waals surface area contributed by atoms with Crippen molar-refractivity contribution in [1.82, 2.24) is 10.2 Å². The molecule has 0 saturated carbocycles. The van der Waals surface area contributed by atoms with E-state index in [2.05, 4.69) is 5.32 Å². The molecule has 1 aliphatic heterocycles. The molecule has 1 saturated heterocycles. The lowest BCUT2D eigenvalue weighted by Crippen LogP contribution is -2.51. The second kappa shape index (κ2) is 10.4. The second-order valence-corrected chi connectivity index (χ2v) is 7.80. The van der Waals surface area contributed by atoms with Crippen LogP contribution in [0.2, 0.25) is 5.02 Å². The third kappa shape index (κ3) is 6.31. The molecule has 0 aromatic heterocycles. The normalized spacial score (nSPS) is 17.0. The summed E-state index contributed by atoms with van der Waals surface area (Å²) < 4.78 is 5.61. The molecule has 0 bridgehead atoms. The highest BCUT2D eigenvalue weighted by Gasteiger charge is 2.29. The van der Waals surface area contributed by atoms with Crippen LogP contribution < -0.4 is 5.32 Å². The number of hydrogen-bond donors (Lipinski definition) is 1. The first-order valence-electron chi connectivity index (χ1n) is 9.98. The molecule has 154 valence electrons. The maximum atomic E-state index is 13.1. The molecule has 1 aliphatic rings. The molecule has 1 heterocycles. The Morgan fingerprint density at radius 3 is 2.48 bits per heavy atom. The number of benzene rings is 2. The van der Waals surface area contributed by atoms with Crippen molar-refractivity contribution < 1.29 is 14.3 Å². The molecule has 6 heteroatoms. The third-order valence-corrected chi connectivity index (χ3v) is 5.40. The van der Waals surface area contributed by atoms with Gasteiger partial charge in [-0.05, 0) is 36.1 Å². The highest BCUT2D eigenvalue weighted by Crippen LogP contribution is 2.17. The van der Waals surface area contributed by atoms with Gasteiger partial charge in [-0.2, -0.15) is 0 Å². The minimum atomic E-state index is -0.605. The fourth-order valence-corrected chi connectivity index (χ4v) is 3.67. The zero-order chi connectivity index (χ0) is 20.6. The lowest BCUT2D eigenvalue weighted by molar-refractivity contribution is -0.139. The van der Waals surface area contributed by atoms with Gasteiger partial charge in [0.25, 0.3) is 0 Å². The van der Waals surface area contributed by atoms with Crippen LogP contribution in [0.3, 0.4) is 0 Å². The van der Waals surface area contributed by atoms with E-state index in [0.717, 1.165) is 30.6 Å². The monoisotopic (exact) mass is 414 g/mol. The summed E-state index contributed by atoms with van der Waals surface area (Å²) in [5, 5.41) is 3.63. The Hall–Kier alpha value is -2.37. The van der Waals surface area contributed by atoms with E-state index in [1.807, 2.05) is 42.5 Å². The Bertz CT molecular complexity index is 805. The van der Waals surface area contributed by atoms with Crippen molar-refractivity contribution in [1.29, 1.82) is 0 Å². The van der Waals surface area contributed by atoms with Crippen LogP contribution in [0, 0.1) is 0 Å². The van der Waals surface area contributed by atoms with Crippen molar-refractivity contribution in [2.45, 2.75) is 44.9 Å². The molecule has 2 amide bonds. The zero-order valence-electron chi connectivity index (χ0n) is 16.6. The second-order valence-electron chi connectivity index (χ2n) is 7.36. The third-order valence-electron chi connectivity index (χ3n) is 5.15. The van der Waals surface area contributed by atoms with Gasteiger partial charge < -0.3 is 15.0 Å². The number of rotatable bonds is 8. The lowest BCUT2D eigenvalue weighted by Gasteiger charge is -2.31. The Labute approximate surface area is 177 Å². The number of carbonyl (C=O) groups is 2. The van der Waals surface area contributed by atoms with Crippen molar-refractivity contribution in [2.24, 2.45) is 0 Å². The summed E-state index contributed by atoms with van der Waals surface area (Å²) in [7, 11) is 0. The Balaban J connectivity index is 1.78. The molecule has 2 unspecified atom stereocenters. The van der Waals surface area contributed by atoms with Gasteiger partial charge in [-0.1, -0.05) is 54.1 Å². The van der Waals surface area contributed by atoms with E-state index in [1.54, 1.807) is 17.0 Å². The standard InChI is InChI=1S/C23H27ClN2O3/c1-17(27)26(16-19-9-11-20(24)12-10-19)22(14-18-6-3-2-4-7-18)23(28)25-15-21-8-5-13-29-21/h2-4,6-7,9-12,21-22H,5,8,13-16H2,1H3,(H,25,28). The van der Waals surface area contributed by atoms with E-state index >= 15 is 0 Å². The zero-order valence-corrected chi connectivity index (χ0v) is 17.4. The van der Waals surface area contributed by atoms with Gasteiger partial charge in [0, 0.05) is 38.1 Å². The topological polar surface area (TPSA) is 58.6 Å². The Morgan fingerprint density at radius 2 is 1.86 bits per heavy atom. The van der Waals surface area contributed by atoms with Crippen molar-refractivity contribution in [3.8, 4) is 0 Å². The summed E-state index contributed by atoms with van der Waals surface area (Å²) in [5.41, 5.74) is 1.93. The molecule has 5 nitrogen and oxygen atoms in total. The van der Waals surface area contributed by atoms with Crippen LogP contribution in [-0.4, -0.2) is 42.0 Å². The molecule has 3 rings (SSSR count). The first kappa shape index (κ1) is 21.3. The number of hydrogen-bond acceptors (Lipinski definition) is 3. The van der Waals surface area contributed by atoms with Gasteiger partial charge in [0.15, 0.2) is 0 Å². The first-order chi connectivity index (χ1) is 14.0. The van der Waals surface area contributed by atoms with Crippen molar-refractivity contribution >= 4 is 23.4 Å². The van der Waals surface area contributed by atoms with Crippen LogP contribution in [0.25, 0.3) is 0 Å². The predicted octanol–water partition coefficient (Wildman–Crippen LogP) is 3.60. The van der Waals surface area contributed by atoms with Gasteiger partial charge in [0.2, 0.25) is 11.8 Å². The number of amides is 2. The summed E-state index contributed by atoms with van der Waals surface area (Å²) in [6.07, 6.45) is 2.47. The van der Waals surface area contributed by atoms with Crippen LogP contribution in [0.4, 0.5) is 0 Å². The van der Waals surface area contributed by atoms with E-state index in [1.165, 1.54) is 6.92 Å². The minimum absolute atomic E-state index is 0.0540. The Morgan fingerprint density at radius 1 is 1.14 bits per heavy atom. The summed E-state index contributed by atoms with van der Waals surface area (Å²) in [6, 6.07) is 16.5. The maximum Gasteiger partial charge on any atom is 0.243 e. The van der Waals surface area contributed by atoms with Crippen LogP contribution in [0.1, 0.15) is 30.9 Å². The summed E-state index contributed by atoms with van der Waals surface area (Å²) in [5.74, 6) is -0.304. The van der Waals surface area contributed by atoms with Gasteiger partial charge >= 0.3 is 0 Å². The molecule has 29 heavy (non-hydrogen) atoms. The molecule has 0 radical (unpaired) electrons. The Kier molecular flexibility index (Phi) is 7.67. The highest BCUT2D eigenvalue weighted by atomic mass is 35.5.